The smallest absolute Gasteiger partial charge is 0.287 e. The minimum atomic E-state index is -0.271. The molecule has 3 heterocycles. The second-order valence-electron chi connectivity index (χ2n) is 6.85. The van der Waals surface area contributed by atoms with E-state index in [-0.39, 0.29) is 23.7 Å². The van der Waals surface area contributed by atoms with Crippen molar-refractivity contribution in [2.24, 2.45) is 0 Å². The van der Waals surface area contributed by atoms with Crippen LogP contribution in [0.1, 0.15) is 46.9 Å². The number of nitrogens with one attached hydrogen (secondary N) is 1. The van der Waals surface area contributed by atoms with Gasteiger partial charge in [-0.25, -0.2) is 4.98 Å². The highest BCUT2D eigenvalue weighted by Gasteiger charge is 2.34. The van der Waals surface area contributed by atoms with E-state index in [1.165, 1.54) is 0 Å². The zero-order chi connectivity index (χ0) is 19.0. The molecule has 138 valence electrons. The minimum Gasteiger partial charge on any atom is -0.349 e. The first-order chi connectivity index (χ1) is 13.1. The van der Waals surface area contributed by atoms with Crippen molar-refractivity contribution in [3.63, 3.8) is 0 Å². The molecule has 1 aliphatic heterocycles. The number of carbonyl (C=O) groups excluding carboxylic acids is 2. The lowest BCUT2D eigenvalue weighted by Gasteiger charge is -2.21. The van der Waals surface area contributed by atoms with Gasteiger partial charge in [-0.15, -0.1) is 0 Å². The van der Waals surface area contributed by atoms with Gasteiger partial charge in [-0.1, -0.05) is 31.2 Å². The first-order valence-corrected chi connectivity index (χ1v) is 9.28. The number of rotatable bonds is 4. The molecule has 0 saturated carbocycles. The van der Waals surface area contributed by atoms with Gasteiger partial charge in [0.1, 0.15) is 0 Å². The molecule has 1 N–H and O–H groups in total. The Labute approximate surface area is 157 Å². The van der Waals surface area contributed by atoms with Gasteiger partial charge in [-0.2, -0.15) is 0 Å². The van der Waals surface area contributed by atoms with Crippen LogP contribution in [0.15, 0.2) is 48.7 Å². The maximum Gasteiger partial charge on any atom is 0.287 e. The van der Waals surface area contributed by atoms with Gasteiger partial charge in [0.25, 0.3) is 11.8 Å². The number of anilines is 1. The summed E-state index contributed by atoms with van der Waals surface area (Å²) in [6.07, 6.45) is 3.42. The van der Waals surface area contributed by atoms with Crippen molar-refractivity contribution in [3.8, 4) is 0 Å². The molecule has 6 heteroatoms. The molecule has 0 bridgehead atoms. The van der Waals surface area contributed by atoms with Crippen LogP contribution >= 0.6 is 0 Å². The summed E-state index contributed by atoms with van der Waals surface area (Å²) in [6.45, 7) is 4.59. The molecule has 1 aliphatic rings. The molecule has 0 fully saturated rings. The Bertz CT molecular complexity index is 1020. The Morgan fingerprint density at radius 3 is 2.78 bits per heavy atom. The van der Waals surface area contributed by atoms with Crippen molar-refractivity contribution in [2.45, 2.75) is 32.7 Å². The molecule has 1 atom stereocenters. The van der Waals surface area contributed by atoms with Crippen molar-refractivity contribution in [1.82, 2.24) is 14.7 Å². The highest BCUT2D eigenvalue weighted by molar-refractivity contribution is 6.11. The third-order valence-electron chi connectivity index (χ3n) is 4.92. The van der Waals surface area contributed by atoms with E-state index in [2.05, 4.69) is 10.3 Å². The summed E-state index contributed by atoms with van der Waals surface area (Å²) >= 11 is 0. The van der Waals surface area contributed by atoms with Crippen LogP contribution < -0.4 is 10.2 Å². The van der Waals surface area contributed by atoms with Crippen molar-refractivity contribution in [2.75, 3.05) is 11.4 Å². The minimum absolute atomic E-state index is 0.0488. The molecule has 4 rings (SSSR count). The van der Waals surface area contributed by atoms with E-state index in [0.717, 1.165) is 24.1 Å². The van der Waals surface area contributed by atoms with E-state index < -0.39 is 0 Å². The zero-order valence-corrected chi connectivity index (χ0v) is 15.5. The normalized spacial score (nSPS) is 15.8. The topological polar surface area (TPSA) is 66.7 Å². The molecule has 3 aromatic rings. The van der Waals surface area contributed by atoms with Gasteiger partial charge < -0.3 is 10.2 Å². The molecular weight excluding hydrogens is 340 g/mol. The van der Waals surface area contributed by atoms with Crippen molar-refractivity contribution < 1.29 is 9.59 Å². The van der Waals surface area contributed by atoms with E-state index in [1.807, 2.05) is 56.3 Å². The second-order valence-corrected chi connectivity index (χ2v) is 6.85. The molecule has 1 aromatic carbocycles. The molecule has 2 amide bonds. The van der Waals surface area contributed by atoms with Crippen molar-refractivity contribution in [3.05, 3.63) is 65.7 Å². The maximum absolute atomic E-state index is 13.4. The van der Waals surface area contributed by atoms with Crippen LogP contribution in [0.25, 0.3) is 5.52 Å². The number of nitrogens with zero attached hydrogens (tertiary/aromatic N) is 3. The number of aromatic nitrogens is 2. The SMILES string of the molecule is CCCNC(=O)c1nc(C(=O)N2c3ccccc3CC2C)c2ccccn12. The van der Waals surface area contributed by atoms with Gasteiger partial charge in [-0.05, 0) is 43.5 Å². The first-order valence-electron chi connectivity index (χ1n) is 9.28. The van der Waals surface area contributed by atoms with Crippen LogP contribution in [0.4, 0.5) is 5.69 Å². The molecular formula is C21H22N4O2. The third-order valence-corrected chi connectivity index (χ3v) is 4.92. The Morgan fingerprint density at radius 1 is 1.19 bits per heavy atom. The average Bonchev–Trinajstić information content (AvgIpc) is 3.23. The molecule has 1 unspecified atom stereocenters. The van der Waals surface area contributed by atoms with Gasteiger partial charge in [0.15, 0.2) is 5.69 Å². The first kappa shape index (κ1) is 17.3. The summed E-state index contributed by atoms with van der Waals surface area (Å²) in [5.41, 5.74) is 3.02. The second kappa shape index (κ2) is 6.87. The van der Waals surface area contributed by atoms with Crippen molar-refractivity contribution in [1.29, 1.82) is 0 Å². The van der Waals surface area contributed by atoms with Gasteiger partial charge in [0.05, 0.1) is 5.52 Å². The van der Waals surface area contributed by atoms with Crippen LogP contribution in [0, 0.1) is 0 Å². The number of imidazole rings is 1. The van der Waals surface area contributed by atoms with Gasteiger partial charge in [-0.3, -0.25) is 14.0 Å². The Morgan fingerprint density at radius 2 is 1.96 bits per heavy atom. The third kappa shape index (κ3) is 2.87. The van der Waals surface area contributed by atoms with E-state index in [0.29, 0.717) is 17.8 Å². The lowest BCUT2D eigenvalue weighted by atomic mass is 10.1. The van der Waals surface area contributed by atoms with Gasteiger partial charge in [0, 0.05) is 24.5 Å². The van der Waals surface area contributed by atoms with Gasteiger partial charge >= 0.3 is 0 Å². The van der Waals surface area contributed by atoms with Crippen LogP contribution in [-0.2, 0) is 6.42 Å². The average molecular weight is 362 g/mol. The van der Waals surface area contributed by atoms with E-state index in [9.17, 15) is 9.59 Å². The maximum atomic E-state index is 13.4. The number of hydrogen-bond acceptors (Lipinski definition) is 3. The van der Waals surface area contributed by atoms with E-state index in [4.69, 9.17) is 0 Å². The Kier molecular flexibility index (Phi) is 4.39. The highest BCUT2D eigenvalue weighted by atomic mass is 16.2. The molecule has 27 heavy (non-hydrogen) atoms. The van der Waals surface area contributed by atoms with Crippen LogP contribution in [0.2, 0.25) is 0 Å². The molecule has 6 nitrogen and oxygen atoms in total. The monoisotopic (exact) mass is 362 g/mol. The number of carbonyl (C=O) groups is 2. The number of benzene rings is 1. The fourth-order valence-electron chi connectivity index (χ4n) is 3.66. The molecule has 0 spiro atoms. The predicted molar refractivity (Wildman–Crippen MR) is 104 cm³/mol. The number of para-hydroxylation sites is 1. The number of hydrogen-bond donors (Lipinski definition) is 1. The molecule has 0 aliphatic carbocycles. The Hall–Kier alpha value is -3.15. The van der Waals surface area contributed by atoms with Crippen LogP contribution in [0.5, 0.6) is 0 Å². The number of pyridine rings is 1. The zero-order valence-electron chi connectivity index (χ0n) is 15.5. The molecule has 0 saturated heterocycles. The number of amides is 2. The molecule has 2 aromatic heterocycles. The van der Waals surface area contributed by atoms with E-state index in [1.54, 1.807) is 15.5 Å². The van der Waals surface area contributed by atoms with Crippen molar-refractivity contribution >= 4 is 23.0 Å². The predicted octanol–water partition coefficient (Wildman–Crippen LogP) is 3.07. The largest absolute Gasteiger partial charge is 0.349 e. The summed E-state index contributed by atoms with van der Waals surface area (Å²) < 4.78 is 1.69. The summed E-state index contributed by atoms with van der Waals surface area (Å²) in [4.78, 5) is 32.2. The summed E-state index contributed by atoms with van der Waals surface area (Å²) in [5.74, 6) is -0.208. The summed E-state index contributed by atoms with van der Waals surface area (Å²) in [7, 11) is 0. The lowest BCUT2D eigenvalue weighted by Crippen LogP contribution is -2.36. The van der Waals surface area contributed by atoms with E-state index >= 15 is 0 Å². The quantitative estimate of drug-likeness (QED) is 0.776. The molecule has 0 radical (unpaired) electrons. The number of fused-ring (bicyclic) bond motifs is 2. The summed E-state index contributed by atoms with van der Waals surface area (Å²) in [6, 6.07) is 13.5. The fraction of sp³-hybridized carbons (Fsp3) is 0.286. The summed E-state index contributed by atoms with van der Waals surface area (Å²) in [5, 5.41) is 2.84. The van der Waals surface area contributed by atoms with Crippen LogP contribution in [0.3, 0.4) is 0 Å². The Balaban J connectivity index is 1.78. The fourth-order valence-corrected chi connectivity index (χ4v) is 3.66. The highest BCUT2D eigenvalue weighted by Crippen LogP contribution is 2.33. The standard InChI is InChI=1S/C21H22N4O2/c1-3-11-22-20(26)19-23-18(17-10-6-7-12-24(17)19)21(27)25-14(2)13-15-8-4-5-9-16(15)25/h4-10,12,14H,3,11,13H2,1-2H3,(H,22,26). The van der Waals surface area contributed by atoms with Crippen LogP contribution in [-0.4, -0.2) is 33.8 Å². The van der Waals surface area contributed by atoms with Gasteiger partial charge in [0.2, 0.25) is 5.82 Å². The lowest BCUT2D eigenvalue weighted by molar-refractivity contribution is 0.0942.